The van der Waals surface area contributed by atoms with Crippen LogP contribution in [0.2, 0.25) is 0 Å². The Hall–Kier alpha value is -1.88. The number of pyridine rings is 1. The normalized spacial score (nSPS) is 11.9. The molecule has 2 aromatic rings. The van der Waals surface area contributed by atoms with Crippen LogP contribution >= 0.6 is 11.3 Å². The van der Waals surface area contributed by atoms with Gasteiger partial charge in [-0.2, -0.15) is 0 Å². The molecule has 0 bridgehead atoms. The van der Waals surface area contributed by atoms with Gasteiger partial charge in [0.1, 0.15) is 5.69 Å². The lowest BCUT2D eigenvalue weighted by Gasteiger charge is -2.18. The molecule has 5 heteroatoms. The zero-order chi connectivity index (χ0) is 14.4. The van der Waals surface area contributed by atoms with Crippen molar-refractivity contribution >= 4 is 23.0 Å². The second kappa shape index (κ2) is 7.05. The van der Waals surface area contributed by atoms with Crippen molar-refractivity contribution in [3.8, 4) is 0 Å². The predicted octanol–water partition coefficient (Wildman–Crippen LogP) is 3.88. The third-order valence-electron chi connectivity index (χ3n) is 2.96. The molecule has 20 heavy (non-hydrogen) atoms. The average Bonchev–Trinajstić information content (AvgIpc) is 3.00. The Bertz CT molecular complexity index is 555. The summed E-state index contributed by atoms with van der Waals surface area (Å²) in [6.45, 7) is 2.16. The van der Waals surface area contributed by atoms with Crippen molar-refractivity contribution in [2.45, 2.75) is 25.8 Å². The summed E-state index contributed by atoms with van der Waals surface area (Å²) in [5, 5.41) is 5.54. The molecule has 106 valence electrons. The topological polar surface area (TPSA) is 51.2 Å². The molecular weight excluding hydrogens is 272 g/mol. The van der Waals surface area contributed by atoms with E-state index in [0.717, 1.165) is 18.5 Å². The molecule has 0 fully saturated rings. The Kier molecular flexibility index (Phi) is 5.12. The fraction of sp³-hybridized carbons (Fsp3) is 0.333. The summed E-state index contributed by atoms with van der Waals surface area (Å²) in [5.41, 5.74) is 1.20. The van der Waals surface area contributed by atoms with Crippen molar-refractivity contribution in [2.24, 2.45) is 0 Å². The molecule has 2 heterocycles. The van der Waals surface area contributed by atoms with Crippen LogP contribution in [-0.2, 0) is 4.74 Å². The summed E-state index contributed by atoms with van der Waals surface area (Å²) in [5.74, 6) is -0.420. The van der Waals surface area contributed by atoms with Crippen LogP contribution in [-0.4, -0.2) is 18.1 Å². The number of carbonyl (C=O) groups excluding carboxylic acids is 1. The average molecular weight is 290 g/mol. The lowest BCUT2D eigenvalue weighted by molar-refractivity contribution is 0.0594. The number of thiophene rings is 1. The lowest BCUT2D eigenvalue weighted by Crippen LogP contribution is -2.11. The predicted molar refractivity (Wildman–Crippen MR) is 81.2 cm³/mol. The molecule has 0 spiro atoms. The van der Waals surface area contributed by atoms with E-state index in [9.17, 15) is 4.79 Å². The molecule has 2 aromatic heterocycles. The van der Waals surface area contributed by atoms with Crippen LogP contribution in [0.3, 0.4) is 0 Å². The molecule has 1 unspecified atom stereocenters. The standard InChI is InChI=1S/C15H18N2O2S/c1-3-5-12(14-6-4-9-20-14)17-11-7-8-16-13(10-11)15(18)19-2/h4,6-10,12H,3,5H2,1-2H3,(H,16,17). The van der Waals surface area contributed by atoms with E-state index in [1.165, 1.54) is 12.0 Å². The van der Waals surface area contributed by atoms with Crippen LogP contribution in [0.1, 0.15) is 41.2 Å². The number of hydrogen-bond donors (Lipinski definition) is 1. The van der Waals surface area contributed by atoms with E-state index >= 15 is 0 Å². The van der Waals surface area contributed by atoms with Crippen LogP contribution in [0.15, 0.2) is 35.8 Å². The van der Waals surface area contributed by atoms with Gasteiger partial charge in [-0.05, 0) is 30.0 Å². The Morgan fingerprint density at radius 2 is 2.35 bits per heavy atom. The minimum absolute atomic E-state index is 0.257. The smallest absolute Gasteiger partial charge is 0.356 e. The lowest BCUT2D eigenvalue weighted by atomic mass is 10.1. The van der Waals surface area contributed by atoms with Crippen LogP contribution in [0, 0.1) is 0 Å². The fourth-order valence-corrected chi connectivity index (χ4v) is 2.81. The zero-order valence-corrected chi connectivity index (χ0v) is 12.4. The molecule has 2 rings (SSSR count). The van der Waals surface area contributed by atoms with Crippen molar-refractivity contribution in [3.63, 3.8) is 0 Å². The Balaban J connectivity index is 2.16. The molecule has 4 nitrogen and oxygen atoms in total. The molecule has 0 aliphatic heterocycles. The quantitative estimate of drug-likeness (QED) is 0.820. The van der Waals surface area contributed by atoms with Gasteiger partial charge in [-0.3, -0.25) is 0 Å². The van der Waals surface area contributed by atoms with Gasteiger partial charge in [-0.1, -0.05) is 19.4 Å². The number of ether oxygens (including phenoxy) is 1. The van der Waals surface area contributed by atoms with Crippen LogP contribution in [0.5, 0.6) is 0 Å². The molecule has 1 N–H and O–H groups in total. The van der Waals surface area contributed by atoms with Gasteiger partial charge >= 0.3 is 5.97 Å². The molecule has 0 amide bonds. The number of anilines is 1. The van der Waals surface area contributed by atoms with E-state index in [-0.39, 0.29) is 6.04 Å². The van der Waals surface area contributed by atoms with Gasteiger partial charge in [0.05, 0.1) is 13.2 Å². The fourth-order valence-electron chi connectivity index (χ4n) is 2.00. The summed E-state index contributed by atoms with van der Waals surface area (Å²) < 4.78 is 4.69. The molecule has 0 saturated heterocycles. The summed E-state index contributed by atoms with van der Waals surface area (Å²) in [4.78, 5) is 16.8. The highest BCUT2D eigenvalue weighted by Gasteiger charge is 2.13. The van der Waals surface area contributed by atoms with Crippen molar-refractivity contribution in [1.29, 1.82) is 0 Å². The highest BCUT2D eigenvalue weighted by atomic mass is 32.1. The number of aromatic nitrogens is 1. The molecule has 0 saturated carbocycles. The van der Waals surface area contributed by atoms with Crippen molar-refractivity contribution in [2.75, 3.05) is 12.4 Å². The first-order valence-electron chi connectivity index (χ1n) is 6.59. The number of hydrogen-bond acceptors (Lipinski definition) is 5. The largest absolute Gasteiger partial charge is 0.464 e. The monoisotopic (exact) mass is 290 g/mol. The number of rotatable bonds is 6. The maximum Gasteiger partial charge on any atom is 0.356 e. The van der Waals surface area contributed by atoms with E-state index in [2.05, 4.69) is 39.5 Å². The third-order valence-corrected chi connectivity index (χ3v) is 3.95. The Morgan fingerprint density at radius 1 is 1.50 bits per heavy atom. The zero-order valence-electron chi connectivity index (χ0n) is 11.6. The van der Waals surface area contributed by atoms with Gasteiger partial charge in [0.25, 0.3) is 0 Å². The number of carbonyl (C=O) groups is 1. The van der Waals surface area contributed by atoms with E-state index in [1.807, 2.05) is 6.07 Å². The molecule has 0 radical (unpaired) electrons. The van der Waals surface area contributed by atoms with E-state index in [0.29, 0.717) is 5.69 Å². The summed E-state index contributed by atoms with van der Waals surface area (Å²) >= 11 is 1.74. The highest BCUT2D eigenvalue weighted by Crippen LogP contribution is 2.27. The maximum absolute atomic E-state index is 11.5. The number of nitrogens with zero attached hydrogens (tertiary/aromatic N) is 1. The summed E-state index contributed by atoms with van der Waals surface area (Å²) in [7, 11) is 1.36. The van der Waals surface area contributed by atoms with Crippen LogP contribution in [0.4, 0.5) is 5.69 Å². The first-order valence-corrected chi connectivity index (χ1v) is 7.47. The Labute approximate surface area is 122 Å². The van der Waals surface area contributed by atoms with Gasteiger partial charge in [-0.15, -0.1) is 11.3 Å². The van der Waals surface area contributed by atoms with E-state index in [4.69, 9.17) is 0 Å². The second-order valence-corrected chi connectivity index (χ2v) is 5.40. The minimum atomic E-state index is -0.420. The molecule has 0 aliphatic rings. The molecule has 0 aliphatic carbocycles. The molecular formula is C15H18N2O2S. The van der Waals surface area contributed by atoms with Gasteiger partial charge in [0.2, 0.25) is 0 Å². The van der Waals surface area contributed by atoms with Gasteiger partial charge in [-0.25, -0.2) is 9.78 Å². The van der Waals surface area contributed by atoms with Crippen LogP contribution < -0.4 is 5.32 Å². The van der Waals surface area contributed by atoms with Gasteiger partial charge in [0, 0.05) is 16.8 Å². The van der Waals surface area contributed by atoms with Crippen molar-refractivity contribution in [3.05, 3.63) is 46.4 Å². The van der Waals surface area contributed by atoms with Crippen molar-refractivity contribution < 1.29 is 9.53 Å². The first-order chi connectivity index (χ1) is 9.74. The summed E-state index contributed by atoms with van der Waals surface area (Å²) in [6.07, 6.45) is 3.74. The number of esters is 1. The minimum Gasteiger partial charge on any atom is -0.464 e. The first kappa shape index (κ1) is 14.5. The van der Waals surface area contributed by atoms with Gasteiger partial charge < -0.3 is 10.1 Å². The summed E-state index contributed by atoms with van der Waals surface area (Å²) in [6, 6.07) is 8.02. The van der Waals surface area contributed by atoms with Crippen LogP contribution in [0.25, 0.3) is 0 Å². The number of nitrogens with one attached hydrogen (secondary N) is 1. The third kappa shape index (κ3) is 3.57. The SMILES string of the molecule is CCCC(Nc1ccnc(C(=O)OC)c1)c1cccs1. The molecule has 0 aromatic carbocycles. The van der Waals surface area contributed by atoms with Crippen molar-refractivity contribution in [1.82, 2.24) is 4.98 Å². The van der Waals surface area contributed by atoms with E-state index < -0.39 is 5.97 Å². The highest BCUT2D eigenvalue weighted by molar-refractivity contribution is 7.10. The van der Waals surface area contributed by atoms with Gasteiger partial charge in [0.15, 0.2) is 0 Å². The second-order valence-electron chi connectivity index (χ2n) is 4.42. The maximum atomic E-state index is 11.5. The Morgan fingerprint density at radius 3 is 3.00 bits per heavy atom. The number of methoxy groups -OCH3 is 1. The van der Waals surface area contributed by atoms with E-state index in [1.54, 1.807) is 23.6 Å². The molecule has 1 atom stereocenters.